The molecule has 1 amide bonds. The van der Waals surface area contributed by atoms with Gasteiger partial charge in [-0.15, -0.1) is 0 Å². The van der Waals surface area contributed by atoms with E-state index in [2.05, 4.69) is 5.32 Å². The number of amides is 1. The average Bonchev–Trinajstić information content (AvgIpc) is 2.94. The Hall–Kier alpha value is -2.95. The first-order valence-corrected chi connectivity index (χ1v) is 9.55. The lowest BCUT2D eigenvalue weighted by molar-refractivity contribution is 0.101. The number of benzene rings is 2. The molecule has 2 aromatic carbocycles. The average molecular weight is 380 g/mol. The van der Waals surface area contributed by atoms with E-state index in [1.165, 1.54) is 29.8 Å². The second kappa shape index (κ2) is 7.58. The van der Waals surface area contributed by atoms with Gasteiger partial charge in [-0.2, -0.15) is 0 Å². The van der Waals surface area contributed by atoms with E-state index < -0.39 is 5.82 Å². The molecule has 0 radical (unpaired) electrons. The zero-order chi connectivity index (χ0) is 19.7. The molecular formula is C23H22F2N2O. The van der Waals surface area contributed by atoms with Gasteiger partial charge in [0.2, 0.25) is 0 Å². The van der Waals surface area contributed by atoms with Crippen molar-refractivity contribution >= 4 is 11.6 Å². The van der Waals surface area contributed by atoms with Gasteiger partial charge in [-0.1, -0.05) is 18.2 Å². The van der Waals surface area contributed by atoms with Gasteiger partial charge in [-0.05, 0) is 79.6 Å². The molecule has 0 saturated heterocycles. The summed E-state index contributed by atoms with van der Waals surface area (Å²) >= 11 is 0. The minimum Gasteiger partial charge on any atom is -0.336 e. The highest BCUT2D eigenvalue weighted by atomic mass is 19.1. The summed E-state index contributed by atoms with van der Waals surface area (Å²) in [6.07, 6.45) is 4.02. The Balaban J connectivity index is 1.75. The first kappa shape index (κ1) is 18.4. The van der Waals surface area contributed by atoms with E-state index in [0.29, 0.717) is 17.9 Å². The highest BCUT2D eigenvalue weighted by molar-refractivity contribution is 6.04. The number of fused-ring (bicyclic) bond motifs is 1. The fourth-order valence-electron chi connectivity index (χ4n) is 4.11. The summed E-state index contributed by atoms with van der Waals surface area (Å²) in [7, 11) is 0. The van der Waals surface area contributed by atoms with Crippen LogP contribution in [0.4, 0.5) is 14.5 Å². The van der Waals surface area contributed by atoms with Crippen molar-refractivity contribution in [3.63, 3.8) is 0 Å². The Morgan fingerprint density at radius 2 is 1.75 bits per heavy atom. The van der Waals surface area contributed by atoms with Crippen LogP contribution < -0.4 is 5.32 Å². The van der Waals surface area contributed by atoms with Crippen molar-refractivity contribution in [2.24, 2.45) is 0 Å². The van der Waals surface area contributed by atoms with E-state index in [-0.39, 0.29) is 11.7 Å². The van der Waals surface area contributed by atoms with Crippen LogP contribution in [0.3, 0.4) is 0 Å². The summed E-state index contributed by atoms with van der Waals surface area (Å²) in [5, 5.41) is 2.81. The van der Waals surface area contributed by atoms with Gasteiger partial charge in [0, 0.05) is 17.9 Å². The molecule has 0 unspecified atom stereocenters. The number of hydrogen-bond donors (Lipinski definition) is 1. The maximum atomic E-state index is 13.7. The Morgan fingerprint density at radius 3 is 2.50 bits per heavy atom. The van der Waals surface area contributed by atoms with Gasteiger partial charge in [0.25, 0.3) is 5.91 Å². The second-order valence-corrected chi connectivity index (χ2v) is 7.29. The normalized spacial score (nSPS) is 13.2. The van der Waals surface area contributed by atoms with E-state index in [1.54, 1.807) is 18.2 Å². The van der Waals surface area contributed by atoms with Crippen molar-refractivity contribution in [1.29, 1.82) is 0 Å². The Bertz CT molecular complexity index is 1040. The lowest BCUT2D eigenvalue weighted by Crippen LogP contribution is -2.20. The van der Waals surface area contributed by atoms with Crippen LogP contribution >= 0.6 is 0 Å². The standard InChI is InChI=1S/C23H22F2N2O/c1-15-20-10-2-3-11-21(20)27(14-16-6-4-7-17(24)12-16)22(15)23(28)26-19-9-5-8-18(25)13-19/h4-9,12-13H,2-3,10-11,14H2,1H3,(H,26,28). The number of rotatable bonds is 4. The van der Waals surface area contributed by atoms with Gasteiger partial charge in [-0.3, -0.25) is 4.79 Å². The molecule has 4 rings (SSSR count). The van der Waals surface area contributed by atoms with E-state index in [9.17, 15) is 13.6 Å². The van der Waals surface area contributed by atoms with E-state index in [0.717, 1.165) is 42.5 Å². The van der Waals surface area contributed by atoms with Crippen LogP contribution in [0.15, 0.2) is 48.5 Å². The van der Waals surface area contributed by atoms with E-state index >= 15 is 0 Å². The molecule has 0 fully saturated rings. The lowest BCUT2D eigenvalue weighted by atomic mass is 9.95. The van der Waals surface area contributed by atoms with Gasteiger partial charge in [-0.25, -0.2) is 8.78 Å². The third kappa shape index (κ3) is 3.57. The third-order valence-corrected chi connectivity index (χ3v) is 5.37. The highest BCUT2D eigenvalue weighted by Crippen LogP contribution is 2.31. The highest BCUT2D eigenvalue weighted by Gasteiger charge is 2.26. The second-order valence-electron chi connectivity index (χ2n) is 7.29. The number of aromatic nitrogens is 1. The minimum atomic E-state index is -0.399. The molecule has 1 aromatic heterocycles. The Labute approximate surface area is 163 Å². The van der Waals surface area contributed by atoms with Crippen molar-refractivity contribution in [2.45, 2.75) is 39.2 Å². The molecule has 1 N–H and O–H groups in total. The molecule has 5 heteroatoms. The topological polar surface area (TPSA) is 34.0 Å². The number of anilines is 1. The number of halogens is 2. The quantitative estimate of drug-likeness (QED) is 0.659. The molecule has 1 heterocycles. The molecule has 0 spiro atoms. The van der Waals surface area contributed by atoms with Crippen LogP contribution in [0.2, 0.25) is 0 Å². The summed E-state index contributed by atoms with van der Waals surface area (Å²) in [5.41, 5.74) is 5.12. The van der Waals surface area contributed by atoms with Crippen LogP contribution in [-0.4, -0.2) is 10.5 Å². The van der Waals surface area contributed by atoms with Crippen molar-refractivity contribution in [1.82, 2.24) is 4.57 Å². The Morgan fingerprint density at radius 1 is 1.04 bits per heavy atom. The SMILES string of the molecule is Cc1c2c(n(Cc3cccc(F)c3)c1C(=O)Nc1cccc(F)c1)CCCC2. The summed E-state index contributed by atoms with van der Waals surface area (Å²) in [4.78, 5) is 13.1. The first-order valence-electron chi connectivity index (χ1n) is 9.55. The van der Waals surface area contributed by atoms with E-state index in [1.807, 2.05) is 17.6 Å². The predicted octanol–water partition coefficient (Wildman–Crippen LogP) is 5.25. The lowest BCUT2D eigenvalue weighted by Gasteiger charge is -2.17. The molecular weight excluding hydrogens is 358 g/mol. The molecule has 0 bridgehead atoms. The number of nitrogens with zero attached hydrogens (tertiary/aromatic N) is 1. The van der Waals surface area contributed by atoms with Crippen LogP contribution in [0, 0.1) is 18.6 Å². The molecule has 3 nitrogen and oxygen atoms in total. The molecule has 28 heavy (non-hydrogen) atoms. The van der Waals surface area contributed by atoms with Crippen LogP contribution in [0.5, 0.6) is 0 Å². The summed E-state index contributed by atoms with van der Waals surface area (Å²) < 4.78 is 29.2. The number of carbonyl (C=O) groups excluding carboxylic acids is 1. The van der Waals surface area contributed by atoms with Gasteiger partial charge in [0.1, 0.15) is 17.3 Å². The van der Waals surface area contributed by atoms with Crippen LogP contribution in [0.1, 0.15) is 45.7 Å². The van der Waals surface area contributed by atoms with Gasteiger partial charge in [0.15, 0.2) is 0 Å². The molecule has 144 valence electrons. The zero-order valence-electron chi connectivity index (χ0n) is 15.8. The molecule has 0 aliphatic heterocycles. The number of nitrogens with one attached hydrogen (secondary N) is 1. The van der Waals surface area contributed by atoms with Crippen LogP contribution in [0.25, 0.3) is 0 Å². The van der Waals surface area contributed by atoms with Crippen molar-refractivity contribution < 1.29 is 13.6 Å². The molecule has 1 aliphatic carbocycles. The molecule has 3 aromatic rings. The Kier molecular flexibility index (Phi) is 4.99. The summed E-state index contributed by atoms with van der Waals surface area (Å²) in [5.74, 6) is -0.959. The van der Waals surface area contributed by atoms with Gasteiger partial charge < -0.3 is 9.88 Å². The molecule has 1 aliphatic rings. The van der Waals surface area contributed by atoms with E-state index in [4.69, 9.17) is 0 Å². The fourth-order valence-corrected chi connectivity index (χ4v) is 4.11. The summed E-state index contributed by atoms with van der Waals surface area (Å²) in [6, 6.07) is 12.3. The maximum Gasteiger partial charge on any atom is 0.272 e. The van der Waals surface area contributed by atoms with Gasteiger partial charge >= 0.3 is 0 Å². The van der Waals surface area contributed by atoms with Crippen molar-refractivity contribution in [2.75, 3.05) is 5.32 Å². The third-order valence-electron chi connectivity index (χ3n) is 5.37. The smallest absolute Gasteiger partial charge is 0.272 e. The number of carbonyl (C=O) groups is 1. The van der Waals surface area contributed by atoms with Crippen molar-refractivity contribution in [3.05, 3.63) is 88.2 Å². The van der Waals surface area contributed by atoms with Gasteiger partial charge in [0.05, 0.1) is 0 Å². The molecule has 0 atom stereocenters. The van der Waals surface area contributed by atoms with Crippen molar-refractivity contribution in [3.8, 4) is 0 Å². The number of hydrogen-bond acceptors (Lipinski definition) is 1. The molecule has 0 saturated carbocycles. The monoisotopic (exact) mass is 380 g/mol. The largest absolute Gasteiger partial charge is 0.336 e. The fraction of sp³-hybridized carbons (Fsp3) is 0.261. The minimum absolute atomic E-state index is 0.270. The predicted molar refractivity (Wildman–Crippen MR) is 106 cm³/mol. The maximum absolute atomic E-state index is 13.7. The summed E-state index contributed by atoms with van der Waals surface area (Å²) in [6.45, 7) is 2.40. The zero-order valence-corrected chi connectivity index (χ0v) is 15.8. The first-order chi connectivity index (χ1) is 13.5. The van der Waals surface area contributed by atoms with Crippen LogP contribution in [-0.2, 0) is 19.4 Å².